The molecule has 1 rings (SSSR count). The van der Waals surface area contributed by atoms with Crippen LogP contribution in [0.1, 0.15) is 13.3 Å². The van der Waals surface area contributed by atoms with Crippen LogP contribution in [0.2, 0.25) is 0 Å². The Morgan fingerprint density at radius 1 is 1.50 bits per heavy atom. The maximum Gasteiger partial charge on any atom is 0.416 e. The molecule has 0 aliphatic carbocycles. The van der Waals surface area contributed by atoms with E-state index < -0.39 is 12.3 Å². The van der Waals surface area contributed by atoms with Gasteiger partial charge >= 0.3 is 6.18 Å². The number of rotatable bonds is 0. The molecular weight excluding hydrogens is 147 g/mol. The standard InChI is InChI=1S/C5H8F3NO/c1-3-2-4(10-9-3)5(6,7)8/h3-4,9H,2H2,1H3/t3-,4-/m0/s1. The van der Waals surface area contributed by atoms with E-state index in [2.05, 4.69) is 10.3 Å². The molecule has 5 heteroatoms. The van der Waals surface area contributed by atoms with Gasteiger partial charge in [0.1, 0.15) is 0 Å². The fourth-order valence-corrected chi connectivity index (χ4v) is 0.816. The molecule has 0 aromatic rings. The summed E-state index contributed by atoms with van der Waals surface area (Å²) in [5, 5.41) is 0. The van der Waals surface area contributed by atoms with Crippen LogP contribution in [0.5, 0.6) is 0 Å². The first kappa shape index (κ1) is 7.81. The largest absolute Gasteiger partial charge is 0.416 e. The van der Waals surface area contributed by atoms with Crippen molar-refractivity contribution >= 4 is 0 Å². The molecule has 0 radical (unpaired) electrons. The number of alkyl halides is 3. The van der Waals surface area contributed by atoms with Crippen LogP contribution >= 0.6 is 0 Å². The molecule has 0 aromatic carbocycles. The fourth-order valence-electron chi connectivity index (χ4n) is 0.816. The highest BCUT2D eigenvalue weighted by molar-refractivity contribution is 4.76. The number of hydrogen-bond acceptors (Lipinski definition) is 2. The first-order valence-electron chi connectivity index (χ1n) is 2.98. The third-order valence-corrected chi connectivity index (χ3v) is 1.34. The van der Waals surface area contributed by atoms with Crippen molar-refractivity contribution in [1.29, 1.82) is 0 Å². The summed E-state index contributed by atoms with van der Waals surface area (Å²) in [6.07, 6.45) is -5.84. The van der Waals surface area contributed by atoms with Gasteiger partial charge in [-0.3, -0.25) is 4.84 Å². The smallest absolute Gasteiger partial charge is 0.289 e. The van der Waals surface area contributed by atoms with E-state index in [1.807, 2.05) is 0 Å². The molecular formula is C5H8F3NO. The summed E-state index contributed by atoms with van der Waals surface area (Å²) in [6, 6.07) is -0.202. The first-order chi connectivity index (χ1) is 4.50. The lowest BCUT2D eigenvalue weighted by Gasteiger charge is -2.11. The first-order valence-corrected chi connectivity index (χ1v) is 2.98. The van der Waals surface area contributed by atoms with Crippen molar-refractivity contribution in [3.8, 4) is 0 Å². The fraction of sp³-hybridized carbons (Fsp3) is 1.00. The summed E-state index contributed by atoms with van der Waals surface area (Å²) in [5.41, 5.74) is 2.26. The van der Waals surface area contributed by atoms with Crippen LogP contribution < -0.4 is 5.48 Å². The Morgan fingerprint density at radius 2 is 2.10 bits per heavy atom. The van der Waals surface area contributed by atoms with Gasteiger partial charge in [-0.25, -0.2) is 0 Å². The lowest BCUT2D eigenvalue weighted by molar-refractivity contribution is -0.218. The van der Waals surface area contributed by atoms with Gasteiger partial charge < -0.3 is 0 Å². The highest BCUT2D eigenvalue weighted by atomic mass is 19.4. The zero-order valence-corrected chi connectivity index (χ0v) is 5.40. The monoisotopic (exact) mass is 155 g/mol. The molecule has 0 aromatic heterocycles. The second-order valence-electron chi connectivity index (χ2n) is 2.40. The summed E-state index contributed by atoms with van der Waals surface area (Å²) in [4.78, 5) is 4.25. The molecule has 0 amide bonds. The quantitative estimate of drug-likeness (QED) is 0.568. The maximum absolute atomic E-state index is 11.8. The van der Waals surface area contributed by atoms with Gasteiger partial charge in [0.05, 0.1) is 0 Å². The van der Waals surface area contributed by atoms with Gasteiger partial charge in [0.25, 0.3) is 0 Å². The molecule has 1 aliphatic rings. The molecule has 60 valence electrons. The van der Waals surface area contributed by atoms with E-state index in [1.165, 1.54) is 0 Å². The Morgan fingerprint density at radius 3 is 2.30 bits per heavy atom. The van der Waals surface area contributed by atoms with Crippen LogP contribution in [-0.2, 0) is 4.84 Å². The van der Waals surface area contributed by atoms with Crippen molar-refractivity contribution in [2.45, 2.75) is 31.7 Å². The molecule has 2 atom stereocenters. The number of halogens is 3. The van der Waals surface area contributed by atoms with Crippen LogP contribution in [0.4, 0.5) is 13.2 Å². The Balaban J connectivity index is 2.45. The van der Waals surface area contributed by atoms with Crippen LogP contribution in [0.15, 0.2) is 0 Å². The van der Waals surface area contributed by atoms with E-state index in [4.69, 9.17) is 0 Å². The molecule has 0 saturated carbocycles. The van der Waals surface area contributed by atoms with Crippen LogP contribution in [0, 0.1) is 0 Å². The molecule has 1 fully saturated rings. The normalized spacial score (nSPS) is 34.8. The summed E-state index contributed by atoms with van der Waals surface area (Å²) in [5.74, 6) is 0. The molecule has 2 nitrogen and oxygen atoms in total. The van der Waals surface area contributed by atoms with Gasteiger partial charge in [-0.05, 0) is 6.92 Å². The predicted octanol–water partition coefficient (Wildman–Crippen LogP) is 1.23. The number of hydrogen-bond donors (Lipinski definition) is 1. The molecule has 1 saturated heterocycles. The molecule has 0 bridgehead atoms. The van der Waals surface area contributed by atoms with Crippen molar-refractivity contribution < 1.29 is 18.0 Å². The molecule has 0 spiro atoms. The molecule has 1 heterocycles. The second kappa shape index (κ2) is 2.39. The Bertz CT molecular complexity index is 125. The summed E-state index contributed by atoms with van der Waals surface area (Å²) >= 11 is 0. The second-order valence-corrected chi connectivity index (χ2v) is 2.40. The van der Waals surface area contributed by atoms with Crippen molar-refractivity contribution in [1.82, 2.24) is 5.48 Å². The van der Waals surface area contributed by atoms with E-state index in [-0.39, 0.29) is 12.5 Å². The van der Waals surface area contributed by atoms with E-state index in [0.29, 0.717) is 0 Å². The average molecular weight is 155 g/mol. The lowest BCUT2D eigenvalue weighted by atomic mass is 10.2. The molecule has 0 unspecified atom stereocenters. The van der Waals surface area contributed by atoms with Gasteiger partial charge in [-0.1, -0.05) is 0 Å². The Hall–Kier alpha value is -0.290. The summed E-state index contributed by atoms with van der Waals surface area (Å²) < 4.78 is 35.3. The number of hydroxylamine groups is 1. The van der Waals surface area contributed by atoms with Crippen LogP contribution in [0.3, 0.4) is 0 Å². The minimum Gasteiger partial charge on any atom is -0.289 e. The molecule has 1 aliphatic heterocycles. The average Bonchev–Trinajstić information content (AvgIpc) is 2.11. The van der Waals surface area contributed by atoms with E-state index >= 15 is 0 Å². The number of nitrogens with one attached hydrogen (secondary N) is 1. The van der Waals surface area contributed by atoms with E-state index in [9.17, 15) is 13.2 Å². The van der Waals surface area contributed by atoms with Gasteiger partial charge in [0, 0.05) is 12.5 Å². The van der Waals surface area contributed by atoms with Crippen LogP contribution in [-0.4, -0.2) is 18.3 Å². The predicted molar refractivity (Wildman–Crippen MR) is 28.1 cm³/mol. The third kappa shape index (κ3) is 1.60. The molecule has 1 N–H and O–H groups in total. The third-order valence-electron chi connectivity index (χ3n) is 1.34. The SMILES string of the molecule is C[C@H]1C[C@@H](C(F)(F)F)ON1. The molecule has 10 heavy (non-hydrogen) atoms. The summed E-state index contributed by atoms with van der Waals surface area (Å²) in [6.45, 7) is 1.64. The minimum atomic E-state index is -4.22. The summed E-state index contributed by atoms with van der Waals surface area (Å²) in [7, 11) is 0. The zero-order valence-electron chi connectivity index (χ0n) is 5.40. The Labute approximate surface area is 56.3 Å². The van der Waals surface area contributed by atoms with Crippen molar-refractivity contribution in [2.75, 3.05) is 0 Å². The van der Waals surface area contributed by atoms with E-state index in [0.717, 1.165) is 0 Å². The van der Waals surface area contributed by atoms with Crippen LogP contribution in [0.25, 0.3) is 0 Å². The van der Waals surface area contributed by atoms with Gasteiger partial charge in [-0.2, -0.15) is 18.7 Å². The topological polar surface area (TPSA) is 21.3 Å². The minimum absolute atomic E-state index is 0.00347. The highest BCUT2D eigenvalue weighted by Crippen LogP contribution is 2.28. The van der Waals surface area contributed by atoms with Gasteiger partial charge in [0.2, 0.25) is 0 Å². The van der Waals surface area contributed by atoms with Crippen molar-refractivity contribution in [3.63, 3.8) is 0 Å². The highest BCUT2D eigenvalue weighted by Gasteiger charge is 2.44. The van der Waals surface area contributed by atoms with Gasteiger partial charge in [-0.15, -0.1) is 0 Å². The van der Waals surface area contributed by atoms with Crippen molar-refractivity contribution in [3.05, 3.63) is 0 Å². The zero-order chi connectivity index (χ0) is 7.78. The van der Waals surface area contributed by atoms with Crippen molar-refractivity contribution in [2.24, 2.45) is 0 Å². The maximum atomic E-state index is 11.8. The Kier molecular flexibility index (Phi) is 1.87. The van der Waals surface area contributed by atoms with E-state index in [1.54, 1.807) is 6.92 Å². The lowest BCUT2D eigenvalue weighted by Crippen LogP contribution is -2.28. The van der Waals surface area contributed by atoms with Gasteiger partial charge in [0.15, 0.2) is 6.10 Å².